The maximum Gasteiger partial charge on any atom is 0.249 e. The second-order valence-corrected chi connectivity index (χ2v) is 7.97. The number of amides is 1. The number of carbonyl (C=O) groups is 1. The molecule has 1 saturated heterocycles. The summed E-state index contributed by atoms with van der Waals surface area (Å²) >= 11 is 1.61. The van der Waals surface area contributed by atoms with Gasteiger partial charge in [-0.25, -0.2) is 9.97 Å². The number of rotatable bonds is 5. The fraction of sp³-hybridized carbons (Fsp3) is 0.300. The summed E-state index contributed by atoms with van der Waals surface area (Å²) in [6.07, 6.45) is 5.02. The number of fused-ring (bicyclic) bond motifs is 3. The normalized spacial score (nSPS) is 18.4. The quantitative estimate of drug-likeness (QED) is 0.693. The first-order valence-corrected chi connectivity index (χ1v) is 10.1. The van der Waals surface area contributed by atoms with E-state index in [1.54, 1.807) is 11.3 Å². The molecular weight excluding hydrogens is 374 g/mol. The second-order valence-electron chi connectivity index (χ2n) is 6.89. The van der Waals surface area contributed by atoms with E-state index in [4.69, 9.17) is 10.5 Å². The Bertz CT molecular complexity index is 1150. The van der Waals surface area contributed by atoms with Gasteiger partial charge in [-0.3, -0.25) is 9.79 Å². The first-order chi connectivity index (χ1) is 13.7. The van der Waals surface area contributed by atoms with Crippen molar-refractivity contribution in [1.29, 1.82) is 0 Å². The third-order valence-electron chi connectivity index (χ3n) is 5.04. The van der Waals surface area contributed by atoms with Gasteiger partial charge in [0.15, 0.2) is 5.82 Å². The van der Waals surface area contributed by atoms with Crippen molar-refractivity contribution < 1.29 is 9.53 Å². The van der Waals surface area contributed by atoms with E-state index >= 15 is 0 Å². The van der Waals surface area contributed by atoms with Crippen LogP contribution in [-0.2, 0) is 16.0 Å². The standard InChI is InChI=1S/C20H19N5O2S/c21-19-17-18(28-16(25-17)4-7-23-20(26)15-5-8-27-15)13-2-1-11(9-14(13)24-19)12-3-6-22-10-12/h1-3,6,9,15H,4-5,7-8,10H2,(H2,21,24)(H,23,26). The summed E-state index contributed by atoms with van der Waals surface area (Å²) in [5.41, 5.74) is 10.1. The van der Waals surface area contributed by atoms with E-state index in [1.807, 2.05) is 12.3 Å². The third kappa shape index (κ3) is 3.04. The molecule has 1 amide bonds. The van der Waals surface area contributed by atoms with E-state index < -0.39 is 0 Å². The summed E-state index contributed by atoms with van der Waals surface area (Å²) in [4.78, 5) is 25.3. The zero-order valence-electron chi connectivity index (χ0n) is 15.1. The van der Waals surface area contributed by atoms with Crippen LogP contribution in [0.2, 0.25) is 0 Å². The number of thiazole rings is 1. The molecule has 0 bridgehead atoms. The molecule has 0 spiro atoms. The number of hydrogen-bond donors (Lipinski definition) is 2. The molecule has 1 atom stereocenters. The van der Waals surface area contributed by atoms with Crippen LogP contribution in [0.15, 0.2) is 29.3 Å². The zero-order chi connectivity index (χ0) is 19.1. The number of nitrogen functional groups attached to an aromatic ring is 1. The summed E-state index contributed by atoms with van der Waals surface area (Å²) in [6.45, 7) is 1.90. The average molecular weight is 393 g/mol. The van der Waals surface area contributed by atoms with E-state index in [9.17, 15) is 4.79 Å². The van der Waals surface area contributed by atoms with Crippen LogP contribution < -0.4 is 11.1 Å². The fourth-order valence-corrected chi connectivity index (χ4v) is 4.52. The van der Waals surface area contributed by atoms with Gasteiger partial charge in [-0.2, -0.15) is 0 Å². The minimum atomic E-state index is -0.284. The highest BCUT2D eigenvalue weighted by Gasteiger charge is 2.25. The van der Waals surface area contributed by atoms with Gasteiger partial charge in [-0.05, 0) is 23.3 Å². The number of allylic oxidation sites excluding steroid dienone is 1. The molecule has 28 heavy (non-hydrogen) atoms. The molecule has 2 aliphatic rings. The van der Waals surface area contributed by atoms with Crippen LogP contribution >= 0.6 is 11.3 Å². The number of ether oxygens (including phenoxy) is 1. The Balaban J connectivity index is 1.40. The molecule has 142 valence electrons. The molecule has 2 aromatic heterocycles. The highest BCUT2D eigenvalue weighted by molar-refractivity contribution is 7.19. The van der Waals surface area contributed by atoms with Crippen LogP contribution in [0.25, 0.3) is 26.7 Å². The molecule has 8 heteroatoms. The van der Waals surface area contributed by atoms with Crippen LogP contribution in [0.5, 0.6) is 0 Å². The number of aliphatic imine (C=N–C) groups is 1. The van der Waals surface area contributed by atoms with Gasteiger partial charge in [-0.15, -0.1) is 11.3 Å². The lowest BCUT2D eigenvalue weighted by Gasteiger charge is -2.24. The Labute approximate surface area is 165 Å². The van der Waals surface area contributed by atoms with Crippen molar-refractivity contribution in [1.82, 2.24) is 15.3 Å². The molecule has 5 rings (SSSR count). The topological polar surface area (TPSA) is 102 Å². The number of anilines is 1. The van der Waals surface area contributed by atoms with Gasteiger partial charge in [0.1, 0.15) is 11.6 Å². The highest BCUT2D eigenvalue weighted by atomic mass is 32.1. The van der Waals surface area contributed by atoms with Crippen molar-refractivity contribution >= 4 is 56.0 Å². The third-order valence-corrected chi connectivity index (χ3v) is 6.19. The van der Waals surface area contributed by atoms with Crippen molar-refractivity contribution in [3.63, 3.8) is 0 Å². The maximum absolute atomic E-state index is 11.9. The minimum absolute atomic E-state index is 0.0447. The van der Waals surface area contributed by atoms with E-state index in [0.29, 0.717) is 31.9 Å². The Morgan fingerprint density at radius 3 is 3.00 bits per heavy atom. The number of carbonyl (C=O) groups excluding carboxylic acids is 1. The van der Waals surface area contributed by atoms with Crippen molar-refractivity contribution in [2.24, 2.45) is 4.99 Å². The first-order valence-electron chi connectivity index (χ1n) is 9.26. The molecule has 1 aromatic carbocycles. The molecule has 0 saturated carbocycles. The Morgan fingerprint density at radius 1 is 1.36 bits per heavy atom. The Kier molecular flexibility index (Phi) is 4.29. The van der Waals surface area contributed by atoms with Crippen LogP contribution in [0.4, 0.5) is 5.82 Å². The number of pyridine rings is 1. The SMILES string of the molecule is Nc1nc2cc(C3=CC=NC3)ccc2c2sc(CCNC(=O)C3CCO3)nc12. The molecule has 4 heterocycles. The van der Waals surface area contributed by atoms with E-state index in [1.165, 1.54) is 5.57 Å². The Hall–Kier alpha value is -2.84. The fourth-order valence-electron chi connectivity index (χ4n) is 3.41. The maximum atomic E-state index is 11.9. The summed E-state index contributed by atoms with van der Waals surface area (Å²) in [5.74, 6) is 0.391. The molecule has 1 unspecified atom stereocenters. The lowest BCUT2D eigenvalue weighted by Crippen LogP contribution is -2.43. The van der Waals surface area contributed by atoms with Gasteiger partial charge in [0.25, 0.3) is 0 Å². The average Bonchev–Trinajstić information content (AvgIpc) is 3.30. The van der Waals surface area contributed by atoms with E-state index in [-0.39, 0.29) is 12.0 Å². The lowest BCUT2D eigenvalue weighted by molar-refractivity contribution is -0.144. The van der Waals surface area contributed by atoms with Crippen molar-refractivity contribution in [3.05, 3.63) is 34.8 Å². The molecule has 3 N–H and O–H groups in total. The predicted octanol–water partition coefficient (Wildman–Crippen LogP) is 2.34. The number of aromatic nitrogens is 2. The molecule has 3 aromatic rings. The summed E-state index contributed by atoms with van der Waals surface area (Å²) in [6, 6.07) is 6.23. The number of nitrogens with one attached hydrogen (secondary N) is 1. The van der Waals surface area contributed by atoms with Gasteiger partial charge in [0.2, 0.25) is 5.91 Å². The second kappa shape index (κ2) is 6.96. The van der Waals surface area contributed by atoms with Gasteiger partial charge < -0.3 is 15.8 Å². The minimum Gasteiger partial charge on any atom is -0.382 e. The van der Waals surface area contributed by atoms with Gasteiger partial charge in [0, 0.05) is 31.0 Å². The summed E-state index contributed by atoms with van der Waals surface area (Å²) < 4.78 is 6.23. The van der Waals surface area contributed by atoms with Crippen LogP contribution in [0.1, 0.15) is 17.0 Å². The number of nitrogens with two attached hydrogens (primary N) is 1. The lowest BCUT2D eigenvalue weighted by atomic mass is 10.0. The molecule has 7 nitrogen and oxygen atoms in total. The molecule has 0 aliphatic carbocycles. The van der Waals surface area contributed by atoms with Crippen LogP contribution in [-0.4, -0.2) is 47.9 Å². The Morgan fingerprint density at radius 2 is 2.25 bits per heavy atom. The zero-order valence-corrected chi connectivity index (χ0v) is 16.0. The van der Waals surface area contributed by atoms with Crippen LogP contribution in [0, 0.1) is 0 Å². The first kappa shape index (κ1) is 17.3. The summed E-state index contributed by atoms with van der Waals surface area (Å²) in [5, 5.41) is 4.88. The van der Waals surface area contributed by atoms with Crippen molar-refractivity contribution in [2.75, 3.05) is 25.4 Å². The number of benzene rings is 1. The largest absolute Gasteiger partial charge is 0.382 e. The van der Waals surface area contributed by atoms with Crippen molar-refractivity contribution in [3.8, 4) is 0 Å². The van der Waals surface area contributed by atoms with E-state index in [0.717, 1.165) is 38.1 Å². The van der Waals surface area contributed by atoms with Gasteiger partial charge >= 0.3 is 0 Å². The number of nitrogens with zero attached hydrogens (tertiary/aromatic N) is 3. The smallest absolute Gasteiger partial charge is 0.249 e. The predicted molar refractivity (Wildman–Crippen MR) is 112 cm³/mol. The summed E-state index contributed by atoms with van der Waals surface area (Å²) in [7, 11) is 0. The van der Waals surface area contributed by atoms with Gasteiger partial charge in [-0.1, -0.05) is 12.1 Å². The monoisotopic (exact) mass is 393 g/mol. The van der Waals surface area contributed by atoms with E-state index in [2.05, 4.69) is 38.5 Å². The molecule has 0 radical (unpaired) electrons. The molecule has 1 fully saturated rings. The molecular formula is C20H19N5O2S. The van der Waals surface area contributed by atoms with Gasteiger partial charge in [0.05, 0.1) is 28.4 Å². The van der Waals surface area contributed by atoms with Crippen LogP contribution in [0.3, 0.4) is 0 Å². The van der Waals surface area contributed by atoms with Crippen molar-refractivity contribution in [2.45, 2.75) is 18.9 Å². The highest BCUT2D eigenvalue weighted by Crippen LogP contribution is 2.34. The molecule has 2 aliphatic heterocycles. The number of hydrogen-bond acceptors (Lipinski definition) is 7.